The zero-order valence-corrected chi connectivity index (χ0v) is 16.2. The van der Waals surface area contributed by atoms with Crippen LogP contribution in [0.3, 0.4) is 0 Å². The predicted octanol–water partition coefficient (Wildman–Crippen LogP) is 2.44. The molecule has 0 spiro atoms. The van der Waals surface area contributed by atoms with Gasteiger partial charge in [0.2, 0.25) is 5.91 Å². The zero-order chi connectivity index (χ0) is 15.9. The average Bonchev–Trinajstić information content (AvgIpc) is 2.49. The van der Waals surface area contributed by atoms with Gasteiger partial charge in [-0.3, -0.25) is 9.69 Å². The van der Waals surface area contributed by atoms with Crippen molar-refractivity contribution in [3.8, 4) is 5.75 Å². The molecule has 2 rings (SSSR count). The van der Waals surface area contributed by atoms with Gasteiger partial charge in [0.1, 0.15) is 12.4 Å². The molecule has 2 N–H and O–H groups in total. The number of benzene rings is 1. The Labute approximate surface area is 161 Å². The van der Waals surface area contributed by atoms with Gasteiger partial charge >= 0.3 is 0 Å². The summed E-state index contributed by atoms with van der Waals surface area (Å²) in [5.74, 6) is 0.988. The van der Waals surface area contributed by atoms with Crippen molar-refractivity contribution in [3.05, 3.63) is 29.3 Å². The minimum absolute atomic E-state index is 0. The van der Waals surface area contributed by atoms with Crippen molar-refractivity contribution in [3.63, 3.8) is 0 Å². The molecule has 1 aliphatic rings. The zero-order valence-electron chi connectivity index (χ0n) is 13.8. The minimum atomic E-state index is -0.0710. The number of nitrogens with two attached hydrogens (primary N) is 1. The van der Waals surface area contributed by atoms with Crippen LogP contribution in [0.25, 0.3) is 0 Å². The number of hydrogen-bond donors (Lipinski definition) is 1. The normalized spacial score (nSPS) is 15.9. The van der Waals surface area contributed by atoms with Crippen LogP contribution in [0.2, 0.25) is 5.02 Å². The Bertz CT molecular complexity index is 478. The van der Waals surface area contributed by atoms with Gasteiger partial charge in [0.05, 0.1) is 0 Å². The summed E-state index contributed by atoms with van der Waals surface area (Å²) in [6.07, 6.45) is 0.430. The molecule has 8 heteroatoms. The highest BCUT2D eigenvalue weighted by molar-refractivity contribution is 6.30. The van der Waals surface area contributed by atoms with Gasteiger partial charge < -0.3 is 15.4 Å². The van der Waals surface area contributed by atoms with Crippen LogP contribution in [-0.4, -0.2) is 61.1 Å². The molecular weight excluding hydrogens is 373 g/mol. The quantitative estimate of drug-likeness (QED) is 0.799. The molecule has 1 unspecified atom stereocenters. The van der Waals surface area contributed by atoms with Crippen LogP contribution in [0.1, 0.15) is 13.3 Å². The van der Waals surface area contributed by atoms with Gasteiger partial charge in [0.25, 0.3) is 0 Å². The number of nitrogens with zero attached hydrogens (tertiary/aromatic N) is 2. The molecule has 5 nitrogen and oxygen atoms in total. The van der Waals surface area contributed by atoms with Crippen molar-refractivity contribution in [2.75, 3.05) is 39.3 Å². The Morgan fingerprint density at radius 3 is 2.33 bits per heavy atom. The van der Waals surface area contributed by atoms with Gasteiger partial charge in [-0.15, -0.1) is 24.8 Å². The van der Waals surface area contributed by atoms with Crippen LogP contribution in [0.15, 0.2) is 24.3 Å². The third kappa shape index (κ3) is 7.90. The first-order chi connectivity index (χ1) is 10.5. The maximum atomic E-state index is 11.9. The highest BCUT2D eigenvalue weighted by Crippen LogP contribution is 2.15. The Kier molecular flexibility index (Phi) is 11.4. The molecule has 0 bridgehead atoms. The van der Waals surface area contributed by atoms with Gasteiger partial charge in [-0.25, -0.2) is 0 Å². The molecule has 1 aromatic rings. The first-order valence-corrected chi connectivity index (χ1v) is 8.06. The average molecular weight is 399 g/mol. The molecule has 0 aliphatic carbocycles. The smallest absolute Gasteiger partial charge is 0.224 e. The van der Waals surface area contributed by atoms with E-state index in [-0.39, 0.29) is 36.8 Å². The van der Waals surface area contributed by atoms with Gasteiger partial charge in [0, 0.05) is 50.2 Å². The fourth-order valence-corrected chi connectivity index (χ4v) is 2.57. The van der Waals surface area contributed by atoms with E-state index in [9.17, 15) is 4.79 Å². The van der Waals surface area contributed by atoms with Crippen molar-refractivity contribution >= 4 is 42.3 Å². The molecule has 0 aromatic heterocycles. The standard InChI is InChI=1S/C16H24ClN3O2.2ClH/c1-13(18)12-16(21)20-8-6-19(7-9-20)10-11-22-15-4-2-14(17)3-5-15;;/h2-5,13H,6-12,18H2,1H3;2*1H. The van der Waals surface area contributed by atoms with E-state index < -0.39 is 0 Å². The Morgan fingerprint density at radius 2 is 1.79 bits per heavy atom. The molecule has 1 aromatic carbocycles. The van der Waals surface area contributed by atoms with Gasteiger partial charge in [-0.05, 0) is 31.2 Å². The summed E-state index contributed by atoms with van der Waals surface area (Å²) < 4.78 is 5.69. The first kappa shape index (κ1) is 23.3. The second-order valence-corrected chi connectivity index (χ2v) is 6.14. The fraction of sp³-hybridized carbons (Fsp3) is 0.562. The highest BCUT2D eigenvalue weighted by Gasteiger charge is 2.21. The number of amides is 1. The van der Waals surface area contributed by atoms with Gasteiger partial charge in [0.15, 0.2) is 0 Å². The minimum Gasteiger partial charge on any atom is -0.492 e. The van der Waals surface area contributed by atoms with E-state index in [0.717, 1.165) is 38.5 Å². The molecule has 138 valence electrons. The van der Waals surface area contributed by atoms with Crippen molar-refractivity contribution < 1.29 is 9.53 Å². The number of piperazine rings is 1. The second-order valence-electron chi connectivity index (χ2n) is 5.71. The highest BCUT2D eigenvalue weighted by atomic mass is 35.5. The van der Waals surface area contributed by atoms with Gasteiger partial charge in [-0.2, -0.15) is 0 Å². The number of carbonyl (C=O) groups is 1. The van der Waals surface area contributed by atoms with Crippen molar-refractivity contribution in [1.29, 1.82) is 0 Å². The monoisotopic (exact) mass is 397 g/mol. The molecule has 1 aliphatic heterocycles. The summed E-state index contributed by atoms with van der Waals surface area (Å²) in [4.78, 5) is 16.1. The Morgan fingerprint density at radius 1 is 1.21 bits per heavy atom. The van der Waals surface area contributed by atoms with E-state index in [2.05, 4.69) is 4.90 Å². The third-order valence-electron chi connectivity index (χ3n) is 3.71. The summed E-state index contributed by atoms with van der Waals surface area (Å²) in [6.45, 7) is 6.66. The SMILES string of the molecule is CC(N)CC(=O)N1CCN(CCOc2ccc(Cl)cc2)CC1.Cl.Cl. The number of halogens is 3. The summed E-state index contributed by atoms with van der Waals surface area (Å²) in [7, 11) is 0. The summed E-state index contributed by atoms with van der Waals surface area (Å²) in [6, 6.07) is 7.30. The van der Waals surface area contributed by atoms with Crippen LogP contribution in [0, 0.1) is 0 Å². The number of hydrogen-bond acceptors (Lipinski definition) is 4. The van der Waals surface area contributed by atoms with Crippen LogP contribution >= 0.6 is 36.4 Å². The Hall–Kier alpha value is -0.720. The molecule has 1 atom stereocenters. The van der Waals surface area contributed by atoms with E-state index in [1.165, 1.54) is 0 Å². The molecule has 1 fully saturated rings. The lowest BCUT2D eigenvalue weighted by Gasteiger charge is -2.35. The molecule has 1 amide bonds. The van der Waals surface area contributed by atoms with E-state index in [0.29, 0.717) is 18.1 Å². The third-order valence-corrected chi connectivity index (χ3v) is 3.96. The fourth-order valence-electron chi connectivity index (χ4n) is 2.45. The van der Waals surface area contributed by atoms with E-state index in [1.54, 1.807) is 0 Å². The van der Waals surface area contributed by atoms with Crippen molar-refractivity contribution in [2.45, 2.75) is 19.4 Å². The van der Waals surface area contributed by atoms with Crippen LogP contribution < -0.4 is 10.5 Å². The molecule has 1 saturated heterocycles. The maximum absolute atomic E-state index is 11.9. The maximum Gasteiger partial charge on any atom is 0.224 e. The number of rotatable bonds is 6. The predicted molar refractivity (Wildman–Crippen MR) is 103 cm³/mol. The van der Waals surface area contributed by atoms with Crippen molar-refractivity contribution in [1.82, 2.24) is 9.80 Å². The van der Waals surface area contributed by atoms with Crippen LogP contribution in [0.5, 0.6) is 5.75 Å². The molecular formula is C16H26Cl3N3O2. The summed E-state index contributed by atoms with van der Waals surface area (Å²) in [5.41, 5.74) is 5.67. The molecule has 1 heterocycles. The topological polar surface area (TPSA) is 58.8 Å². The van der Waals surface area contributed by atoms with Gasteiger partial charge in [-0.1, -0.05) is 11.6 Å². The lowest BCUT2D eigenvalue weighted by Crippen LogP contribution is -2.50. The first-order valence-electron chi connectivity index (χ1n) is 7.68. The van der Waals surface area contributed by atoms with Crippen LogP contribution in [-0.2, 0) is 4.79 Å². The molecule has 0 saturated carbocycles. The van der Waals surface area contributed by atoms with E-state index >= 15 is 0 Å². The summed E-state index contributed by atoms with van der Waals surface area (Å²) >= 11 is 5.83. The largest absolute Gasteiger partial charge is 0.492 e. The van der Waals surface area contributed by atoms with Crippen LogP contribution in [0.4, 0.5) is 0 Å². The lowest BCUT2D eigenvalue weighted by molar-refractivity contribution is -0.133. The van der Waals surface area contributed by atoms with E-state index in [4.69, 9.17) is 22.1 Å². The molecule has 24 heavy (non-hydrogen) atoms. The summed E-state index contributed by atoms with van der Waals surface area (Å²) in [5, 5.41) is 0.708. The number of carbonyl (C=O) groups excluding carboxylic acids is 1. The molecule has 0 radical (unpaired) electrons. The lowest BCUT2D eigenvalue weighted by atomic mass is 10.2. The number of ether oxygens (including phenoxy) is 1. The van der Waals surface area contributed by atoms with E-state index in [1.807, 2.05) is 36.1 Å². The van der Waals surface area contributed by atoms with Crippen molar-refractivity contribution in [2.24, 2.45) is 5.73 Å². The second kappa shape index (κ2) is 11.8. The Balaban J connectivity index is 0.00000264.